The average molecular weight is 165 g/mol. The maximum absolute atomic E-state index is 11.1. The molecule has 0 amide bonds. The van der Waals surface area contributed by atoms with Gasteiger partial charge in [-0.25, -0.2) is 0 Å². The third kappa shape index (κ3) is 1.97. The standard InChI is InChI=1S/C10H15NO/c1-3-4-5-9-6-7-11-10(12)8(9)2/h6-7H,3-5H2,1-2H3,(H,11,12). The van der Waals surface area contributed by atoms with Gasteiger partial charge in [-0.3, -0.25) is 4.79 Å². The fourth-order valence-electron chi connectivity index (χ4n) is 1.24. The van der Waals surface area contributed by atoms with Gasteiger partial charge in [-0.2, -0.15) is 0 Å². The van der Waals surface area contributed by atoms with Crippen LogP contribution in [0.15, 0.2) is 17.1 Å². The number of unbranched alkanes of at least 4 members (excludes halogenated alkanes) is 1. The van der Waals surface area contributed by atoms with Crippen molar-refractivity contribution < 1.29 is 0 Å². The Kier molecular flexibility index (Phi) is 3.09. The van der Waals surface area contributed by atoms with E-state index in [1.54, 1.807) is 6.20 Å². The van der Waals surface area contributed by atoms with Crippen molar-refractivity contribution in [3.8, 4) is 0 Å². The van der Waals surface area contributed by atoms with Gasteiger partial charge >= 0.3 is 0 Å². The first-order chi connectivity index (χ1) is 5.75. The zero-order chi connectivity index (χ0) is 8.97. The summed E-state index contributed by atoms with van der Waals surface area (Å²) < 4.78 is 0. The highest BCUT2D eigenvalue weighted by molar-refractivity contribution is 5.21. The van der Waals surface area contributed by atoms with E-state index >= 15 is 0 Å². The lowest BCUT2D eigenvalue weighted by Gasteiger charge is -2.01. The second kappa shape index (κ2) is 4.10. The zero-order valence-corrected chi connectivity index (χ0v) is 7.68. The van der Waals surface area contributed by atoms with Crippen molar-refractivity contribution in [3.05, 3.63) is 33.7 Å². The molecule has 66 valence electrons. The Bertz CT molecular complexity index is 301. The highest BCUT2D eigenvalue weighted by atomic mass is 16.1. The van der Waals surface area contributed by atoms with Crippen LogP contribution in [-0.4, -0.2) is 4.98 Å². The van der Waals surface area contributed by atoms with Gasteiger partial charge in [-0.05, 0) is 31.4 Å². The number of nitrogens with one attached hydrogen (secondary N) is 1. The van der Waals surface area contributed by atoms with Crippen LogP contribution in [0.2, 0.25) is 0 Å². The molecular weight excluding hydrogens is 150 g/mol. The molecule has 0 saturated carbocycles. The normalized spacial score (nSPS) is 10.2. The Balaban J connectivity index is 2.85. The predicted octanol–water partition coefficient (Wildman–Crippen LogP) is 2.03. The summed E-state index contributed by atoms with van der Waals surface area (Å²) in [7, 11) is 0. The second-order valence-electron chi connectivity index (χ2n) is 3.06. The minimum Gasteiger partial charge on any atom is -0.329 e. The van der Waals surface area contributed by atoms with E-state index < -0.39 is 0 Å². The van der Waals surface area contributed by atoms with Crippen LogP contribution in [0.1, 0.15) is 30.9 Å². The van der Waals surface area contributed by atoms with Crippen LogP contribution in [-0.2, 0) is 6.42 Å². The fourth-order valence-corrected chi connectivity index (χ4v) is 1.24. The van der Waals surface area contributed by atoms with Crippen LogP contribution in [0, 0.1) is 6.92 Å². The van der Waals surface area contributed by atoms with Gasteiger partial charge in [0.2, 0.25) is 0 Å². The highest BCUT2D eigenvalue weighted by Crippen LogP contribution is 2.05. The molecule has 0 spiro atoms. The summed E-state index contributed by atoms with van der Waals surface area (Å²) in [6.07, 6.45) is 5.07. The third-order valence-electron chi connectivity index (χ3n) is 2.12. The maximum Gasteiger partial charge on any atom is 0.251 e. The van der Waals surface area contributed by atoms with Gasteiger partial charge in [0.1, 0.15) is 0 Å². The fraction of sp³-hybridized carbons (Fsp3) is 0.500. The molecule has 12 heavy (non-hydrogen) atoms. The van der Waals surface area contributed by atoms with Crippen LogP contribution in [0.25, 0.3) is 0 Å². The van der Waals surface area contributed by atoms with E-state index in [1.165, 1.54) is 12.0 Å². The first-order valence-electron chi connectivity index (χ1n) is 4.43. The van der Waals surface area contributed by atoms with Crippen molar-refractivity contribution in [1.82, 2.24) is 4.98 Å². The number of hydrogen-bond donors (Lipinski definition) is 1. The maximum atomic E-state index is 11.1. The van der Waals surface area contributed by atoms with Crippen molar-refractivity contribution in [2.45, 2.75) is 33.1 Å². The van der Waals surface area contributed by atoms with Crippen LogP contribution >= 0.6 is 0 Å². The Morgan fingerprint density at radius 3 is 2.92 bits per heavy atom. The van der Waals surface area contributed by atoms with Gasteiger partial charge in [0.25, 0.3) is 5.56 Å². The number of pyridine rings is 1. The minimum absolute atomic E-state index is 0.0450. The summed E-state index contributed by atoms with van der Waals surface area (Å²) in [5.41, 5.74) is 2.09. The van der Waals surface area contributed by atoms with Crippen LogP contribution in [0.5, 0.6) is 0 Å². The molecular formula is C10H15NO. The Morgan fingerprint density at radius 2 is 2.25 bits per heavy atom. The van der Waals surface area contributed by atoms with E-state index in [0.717, 1.165) is 18.4 Å². The Morgan fingerprint density at radius 1 is 1.50 bits per heavy atom. The summed E-state index contributed by atoms with van der Waals surface area (Å²) in [6, 6.07) is 1.99. The lowest BCUT2D eigenvalue weighted by Crippen LogP contribution is -2.10. The average Bonchev–Trinajstić information content (AvgIpc) is 2.08. The molecule has 0 bridgehead atoms. The number of rotatable bonds is 3. The first kappa shape index (κ1) is 9.04. The van der Waals surface area contributed by atoms with Crippen LogP contribution < -0.4 is 5.56 Å². The van der Waals surface area contributed by atoms with Crippen molar-refractivity contribution in [1.29, 1.82) is 0 Å². The lowest BCUT2D eigenvalue weighted by molar-refractivity contribution is 0.788. The van der Waals surface area contributed by atoms with E-state index in [0.29, 0.717) is 0 Å². The number of aromatic amines is 1. The number of H-pyrrole nitrogens is 1. The van der Waals surface area contributed by atoms with Gasteiger partial charge in [-0.15, -0.1) is 0 Å². The first-order valence-corrected chi connectivity index (χ1v) is 4.43. The molecule has 0 unspecified atom stereocenters. The van der Waals surface area contributed by atoms with Crippen molar-refractivity contribution in [3.63, 3.8) is 0 Å². The Labute approximate surface area is 72.6 Å². The SMILES string of the molecule is CCCCc1cc[nH]c(=O)c1C. The van der Waals surface area contributed by atoms with Gasteiger partial charge in [0.05, 0.1) is 0 Å². The van der Waals surface area contributed by atoms with E-state index in [9.17, 15) is 4.79 Å². The second-order valence-corrected chi connectivity index (χ2v) is 3.06. The molecule has 0 aliphatic carbocycles. The van der Waals surface area contributed by atoms with E-state index in [2.05, 4.69) is 11.9 Å². The molecule has 2 nitrogen and oxygen atoms in total. The van der Waals surface area contributed by atoms with Crippen molar-refractivity contribution >= 4 is 0 Å². The predicted molar refractivity (Wildman–Crippen MR) is 50.4 cm³/mol. The molecule has 0 aliphatic rings. The molecule has 0 radical (unpaired) electrons. The molecule has 0 aromatic carbocycles. The van der Waals surface area contributed by atoms with Gasteiger partial charge in [0, 0.05) is 11.8 Å². The number of aromatic nitrogens is 1. The smallest absolute Gasteiger partial charge is 0.251 e. The van der Waals surface area contributed by atoms with E-state index in [1.807, 2.05) is 13.0 Å². The molecule has 1 aromatic heterocycles. The number of aryl methyl sites for hydroxylation is 1. The topological polar surface area (TPSA) is 32.9 Å². The molecule has 1 rings (SSSR count). The molecule has 0 atom stereocenters. The summed E-state index contributed by atoms with van der Waals surface area (Å²) in [6.45, 7) is 4.03. The molecule has 0 fully saturated rings. The highest BCUT2D eigenvalue weighted by Gasteiger charge is 1.99. The third-order valence-corrected chi connectivity index (χ3v) is 2.12. The van der Waals surface area contributed by atoms with Crippen molar-refractivity contribution in [2.24, 2.45) is 0 Å². The molecule has 1 aromatic rings. The molecule has 1 N–H and O–H groups in total. The number of hydrogen-bond acceptors (Lipinski definition) is 1. The molecule has 0 aliphatic heterocycles. The summed E-state index contributed by atoms with van der Waals surface area (Å²) in [5, 5.41) is 0. The summed E-state index contributed by atoms with van der Waals surface area (Å²) >= 11 is 0. The van der Waals surface area contributed by atoms with E-state index in [4.69, 9.17) is 0 Å². The largest absolute Gasteiger partial charge is 0.329 e. The van der Waals surface area contributed by atoms with Crippen LogP contribution in [0.4, 0.5) is 0 Å². The van der Waals surface area contributed by atoms with Crippen molar-refractivity contribution in [2.75, 3.05) is 0 Å². The molecule has 1 heterocycles. The van der Waals surface area contributed by atoms with Gasteiger partial charge in [0.15, 0.2) is 0 Å². The van der Waals surface area contributed by atoms with Gasteiger partial charge < -0.3 is 4.98 Å². The lowest BCUT2D eigenvalue weighted by atomic mass is 10.1. The quantitative estimate of drug-likeness (QED) is 0.730. The monoisotopic (exact) mass is 165 g/mol. The molecule has 2 heteroatoms. The van der Waals surface area contributed by atoms with E-state index in [-0.39, 0.29) is 5.56 Å². The summed E-state index contributed by atoms with van der Waals surface area (Å²) in [4.78, 5) is 13.8. The Hall–Kier alpha value is -1.05. The van der Waals surface area contributed by atoms with Gasteiger partial charge in [-0.1, -0.05) is 13.3 Å². The van der Waals surface area contributed by atoms with Crippen LogP contribution in [0.3, 0.4) is 0 Å². The molecule has 0 saturated heterocycles. The zero-order valence-electron chi connectivity index (χ0n) is 7.68. The summed E-state index contributed by atoms with van der Waals surface area (Å²) in [5.74, 6) is 0. The minimum atomic E-state index is 0.0450.